The van der Waals surface area contributed by atoms with Crippen LogP contribution in [0.15, 0.2) is 29.3 Å². The van der Waals surface area contributed by atoms with Gasteiger partial charge in [0.15, 0.2) is 0 Å². The van der Waals surface area contributed by atoms with E-state index in [-0.39, 0.29) is 16.5 Å². The Morgan fingerprint density at radius 3 is 2.83 bits per heavy atom. The van der Waals surface area contributed by atoms with Gasteiger partial charge in [-0.3, -0.25) is 0 Å². The van der Waals surface area contributed by atoms with Crippen molar-refractivity contribution in [3.8, 4) is 0 Å². The average molecular weight is 349 g/mol. The molecule has 0 spiro atoms. The van der Waals surface area contributed by atoms with Crippen molar-refractivity contribution in [1.29, 1.82) is 0 Å². The van der Waals surface area contributed by atoms with Gasteiger partial charge in [-0.1, -0.05) is 6.07 Å². The van der Waals surface area contributed by atoms with Crippen LogP contribution in [0.2, 0.25) is 0 Å². The summed E-state index contributed by atoms with van der Waals surface area (Å²) in [6.45, 7) is 4.06. The first-order valence-electron chi connectivity index (χ1n) is 7.65. The number of rotatable bonds is 4. The maximum Gasteiger partial charge on any atom is 0.335 e. The minimum absolute atomic E-state index is 0.00552. The summed E-state index contributed by atoms with van der Waals surface area (Å²) in [6.07, 6.45) is 3.27. The number of carboxylic acids is 1. The normalized spacial score (nSPS) is 17.5. The minimum Gasteiger partial charge on any atom is -0.478 e. The molecule has 24 heavy (non-hydrogen) atoms. The predicted octanol–water partition coefficient (Wildman–Crippen LogP) is 1.49. The van der Waals surface area contributed by atoms with Crippen LogP contribution in [-0.4, -0.2) is 35.1 Å². The molecule has 2 N–H and O–H groups in total. The Morgan fingerprint density at radius 2 is 2.12 bits per heavy atom. The van der Waals surface area contributed by atoms with Crippen molar-refractivity contribution in [2.75, 3.05) is 0 Å². The standard InChI is InChI=1S/C16H19N3O4S/c1-10-3-5-13(7-14(10)16(20)21)24(22,23)18-12-4-6-15-17-11(2)8-19(15)9-12/h3,5,7-8,12,18H,4,6,9H2,1-2H3,(H,20,21). The molecule has 8 heteroatoms. The van der Waals surface area contributed by atoms with E-state index in [1.54, 1.807) is 6.92 Å². The largest absolute Gasteiger partial charge is 0.478 e. The number of aromatic nitrogens is 2. The molecule has 128 valence electrons. The molecule has 0 fully saturated rings. The number of fused-ring (bicyclic) bond motifs is 1. The minimum atomic E-state index is -3.78. The summed E-state index contributed by atoms with van der Waals surface area (Å²) in [4.78, 5) is 15.6. The number of nitrogens with one attached hydrogen (secondary N) is 1. The fourth-order valence-electron chi connectivity index (χ4n) is 2.97. The van der Waals surface area contributed by atoms with Gasteiger partial charge in [-0.15, -0.1) is 0 Å². The van der Waals surface area contributed by atoms with E-state index in [2.05, 4.69) is 9.71 Å². The smallest absolute Gasteiger partial charge is 0.335 e. The lowest BCUT2D eigenvalue weighted by Crippen LogP contribution is -2.40. The molecule has 2 heterocycles. The first kappa shape index (κ1) is 16.7. The molecule has 1 aromatic carbocycles. The Balaban J connectivity index is 1.82. The van der Waals surface area contributed by atoms with Gasteiger partial charge in [0.25, 0.3) is 0 Å². The van der Waals surface area contributed by atoms with Crippen LogP contribution in [0.5, 0.6) is 0 Å². The van der Waals surface area contributed by atoms with Crippen LogP contribution in [0.25, 0.3) is 0 Å². The van der Waals surface area contributed by atoms with E-state index in [9.17, 15) is 13.2 Å². The molecule has 1 aromatic heterocycles. The summed E-state index contributed by atoms with van der Waals surface area (Å²) >= 11 is 0. The molecule has 0 amide bonds. The lowest BCUT2D eigenvalue weighted by atomic mass is 10.1. The third-order valence-corrected chi connectivity index (χ3v) is 5.70. The van der Waals surface area contributed by atoms with E-state index in [4.69, 9.17) is 5.11 Å². The molecule has 2 aromatic rings. The van der Waals surface area contributed by atoms with Crippen LogP contribution in [0.3, 0.4) is 0 Å². The number of hydrogen-bond acceptors (Lipinski definition) is 4. The van der Waals surface area contributed by atoms with Crippen LogP contribution < -0.4 is 4.72 Å². The summed E-state index contributed by atoms with van der Waals surface area (Å²) in [7, 11) is -3.78. The highest BCUT2D eigenvalue weighted by Gasteiger charge is 2.26. The maximum absolute atomic E-state index is 12.6. The van der Waals surface area contributed by atoms with Crippen molar-refractivity contribution in [3.05, 3.63) is 47.0 Å². The Labute approximate surface area is 140 Å². The summed E-state index contributed by atoms with van der Waals surface area (Å²) < 4.78 is 29.8. The fraction of sp³-hybridized carbons (Fsp3) is 0.375. The second-order valence-corrected chi connectivity index (χ2v) is 7.80. The molecule has 7 nitrogen and oxygen atoms in total. The number of carboxylic acid groups (broad SMARTS) is 1. The topological polar surface area (TPSA) is 101 Å². The highest BCUT2D eigenvalue weighted by atomic mass is 32.2. The molecule has 0 saturated carbocycles. The summed E-state index contributed by atoms with van der Waals surface area (Å²) in [6, 6.07) is 3.90. The van der Waals surface area contributed by atoms with Crippen molar-refractivity contribution < 1.29 is 18.3 Å². The van der Waals surface area contributed by atoms with Gasteiger partial charge < -0.3 is 9.67 Å². The molecule has 0 bridgehead atoms. The van der Waals surface area contributed by atoms with Gasteiger partial charge in [0.05, 0.1) is 16.2 Å². The molecule has 1 aliphatic rings. The van der Waals surface area contributed by atoms with Gasteiger partial charge >= 0.3 is 5.97 Å². The highest BCUT2D eigenvalue weighted by Crippen LogP contribution is 2.19. The van der Waals surface area contributed by atoms with Crippen molar-refractivity contribution in [1.82, 2.24) is 14.3 Å². The Hall–Kier alpha value is -2.19. The monoisotopic (exact) mass is 349 g/mol. The lowest BCUT2D eigenvalue weighted by Gasteiger charge is -2.24. The van der Waals surface area contributed by atoms with Crippen LogP contribution in [-0.2, 0) is 23.0 Å². The van der Waals surface area contributed by atoms with Crippen molar-refractivity contribution >= 4 is 16.0 Å². The Morgan fingerprint density at radius 1 is 1.38 bits per heavy atom. The lowest BCUT2D eigenvalue weighted by molar-refractivity contribution is 0.0696. The maximum atomic E-state index is 12.6. The number of aryl methyl sites for hydroxylation is 3. The number of hydrogen-bond donors (Lipinski definition) is 2. The van der Waals surface area contributed by atoms with Crippen molar-refractivity contribution in [3.63, 3.8) is 0 Å². The zero-order valence-corrected chi connectivity index (χ0v) is 14.3. The number of benzene rings is 1. The number of aromatic carboxylic acids is 1. The van der Waals surface area contributed by atoms with Crippen molar-refractivity contribution in [2.24, 2.45) is 0 Å². The van der Waals surface area contributed by atoms with Gasteiger partial charge in [-0.25, -0.2) is 22.9 Å². The van der Waals surface area contributed by atoms with Crippen molar-refractivity contribution in [2.45, 2.75) is 44.2 Å². The molecular weight excluding hydrogens is 330 g/mol. The quantitative estimate of drug-likeness (QED) is 0.871. The Kier molecular flexibility index (Phi) is 4.18. The first-order chi connectivity index (χ1) is 11.3. The second-order valence-electron chi connectivity index (χ2n) is 6.09. The highest BCUT2D eigenvalue weighted by molar-refractivity contribution is 7.89. The van der Waals surface area contributed by atoms with E-state index in [1.165, 1.54) is 18.2 Å². The molecule has 0 radical (unpaired) electrons. The van der Waals surface area contributed by atoms with Gasteiger partial charge in [0.2, 0.25) is 10.0 Å². The van der Waals surface area contributed by atoms with Gasteiger partial charge in [0, 0.05) is 25.2 Å². The van der Waals surface area contributed by atoms with Crippen LogP contribution in [0.1, 0.15) is 33.9 Å². The van der Waals surface area contributed by atoms with Gasteiger partial charge in [-0.2, -0.15) is 0 Å². The third-order valence-electron chi connectivity index (χ3n) is 4.18. The number of sulfonamides is 1. The second kappa shape index (κ2) is 6.03. The number of nitrogens with zero attached hydrogens (tertiary/aromatic N) is 2. The predicted molar refractivity (Wildman–Crippen MR) is 87.5 cm³/mol. The zero-order chi connectivity index (χ0) is 17.5. The molecule has 0 saturated heterocycles. The third kappa shape index (κ3) is 3.20. The van der Waals surface area contributed by atoms with Crippen LogP contribution in [0, 0.1) is 13.8 Å². The first-order valence-corrected chi connectivity index (χ1v) is 9.13. The molecule has 0 aliphatic carbocycles. The number of carbonyl (C=O) groups is 1. The summed E-state index contributed by atoms with van der Waals surface area (Å²) in [5, 5.41) is 9.16. The average Bonchev–Trinajstić information content (AvgIpc) is 2.86. The molecule has 1 unspecified atom stereocenters. The molecule has 1 atom stereocenters. The number of imidazole rings is 1. The van der Waals surface area contributed by atoms with E-state index >= 15 is 0 Å². The molecule has 1 aliphatic heterocycles. The zero-order valence-electron chi connectivity index (χ0n) is 13.5. The fourth-order valence-corrected chi connectivity index (χ4v) is 4.26. The summed E-state index contributed by atoms with van der Waals surface area (Å²) in [5.41, 5.74) is 1.44. The Bertz CT molecular complexity index is 902. The van der Waals surface area contributed by atoms with Crippen LogP contribution in [0.4, 0.5) is 0 Å². The molecule has 3 rings (SSSR count). The van der Waals surface area contributed by atoms with Gasteiger partial charge in [0.1, 0.15) is 5.82 Å². The van der Waals surface area contributed by atoms with E-state index in [0.29, 0.717) is 24.9 Å². The van der Waals surface area contributed by atoms with E-state index in [1.807, 2.05) is 17.7 Å². The van der Waals surface area contributed by atoms with E-state index < -0.39 is 16.0 Å². The van der Waals surface area contributed by atoms with Gasteiger partial charge in [-0.05, 0) is 38.0 Å². The van der Waals surface area contributed by atoms with Crippen LogP contribution >= 0.6 is 0 Å². The summed E-state index contributed by atoms with van der Waals surface area (Å²) in [5.74, 6) is -0.174. The SMILES string of the molecule is Cc1cn2c(n1)CCC(NS(=O)(=O)c1ccc(C)c(C(=O)O)c1)C2. The van der Waals surface area contributed by atoms with E-state index in [0.717, 1.165) is 11.5 Å². The molecular formula is C16H19N3O4S.